The zero-order chi connectivity index (χ0) is 31.5. The Morgan fingerprint density at radius 1 is 1.16 bits per heavy atom. The topological polar surface area (TPSA) is 81.2 Å². The highest BCUT2D eigenvalue weighted by Gasteiger charge is 2.76. The van der Waals surface area contributed by atoms with Crippen molar-refractivity contribution in [3.8, 4) is 0 Å². The maximum absolute atomic E-state index is 14.8. The second-order valence-electron chi connectivity index (χ2n) is 12.8. The number of hydrogen-bond donors (Lipinski definition) is 1. The fraction of sp³-hybridized carbons (Fsp3) is 0.618. The number of carbonyl (C=O) groups is 3. The SMILES string of the molecule is C=CCN(Cc1ccccc1)C(=O)[C@H]1[C@@H]2SC3(CC2Br)C(C(=O)N(CC=C)C(C)CCC)N([C@@H](CO)CC(C)C)C(=O)[C@H]13. The van der Waals surface area contributed by atoms with Gasteiger partial charge in [-0.15, -0.1) is 24.9 Å². The summed E-state index contributed by atoms with van der Waals surface area (Å²) in [5, 5.41) is 10.5. The van der Waals surface area contributed by atoms with Gasteiger partial charge in [0.25, 0.3) is 0 Å². The van der Waals surface area contributed by atoms with Crippen LogP contribution in [0, 0.1) is 17.8 Å². The molecular formula is C34H48BrN3O4S. The van der Waals surface area contributed by atoms with Crippen LogP contribution >= 0.6 is 27.7 Å². The largest absolute Gasteiger partial charge is 0.394 e. The van der Waals surface area contributed by atoms with E-state index in [1.807, 2.05) is 35.2 Å². The maximum Gasteiger partial charge on any atom is 0.247 e. The van der Waals surface area contributed by atoms with E-state index in [2.05, 4.69) is 56.8 Å². The molecule has 0 aromatic heterocycles. The Morgan fingerprint density at radius 3 is 2.42 bits per heavy atom. The minimum atomic E-state index is -0.769. The fourth-order valence-corrected chi connectivity index (χ4v) is 11.2. The summed E-state index contributed by atoms with van der Waals surface area (Å²) in [5.41, 5.74) is 1.01. The number of rotatable bonds is 15. The quantitative estimate of drug-likeness (QED) is 0.203. The van der Waals surface area contributed by atoms with Gasteiger partial charge in [-0.3, -0.25) is 14.4 Å². The summed E-state index contributed by atoms with van der Waals surface area (Å²) in [7, 11) is 0. The molecule has 3 amide bonds. The Balaban J connectivity index is 1.80. The first-order valence-corrected chi connectivity index (χ1v) is 17.5. The van der Waals surface area contributed by atoms with Crippen molar-refractivity contribution < 1.29 is 19.5 Å². The zero-order valence-electron chi connectivity index (χ0n) is 26.0. The van der Waals surface area contributed by atoms with E-state index in [-0.39, 0.29) is 46.4 Å². The van der Waals surface area contributed by atoms with Gasteiger partial charge in [0, 0.05) is 35.8 Å². The van der Waals surface area contributed by atoms with E-state index in [0.29, 0.717) is 32.5 Å². The van der Waals surface area contributed by atoms with E-state index >= 15 is 0 Å². The van der Waals surface area contributed by atoms with Gasteiger partial charge in [-0.05, 0) is 37.7 Å². The predicted molar refractivity (Wildman–Crippen MR) is 178 cm³/mol. The second-order valence-corrected chi connectivity index (χ2v) is 15.5. The first-order chi connectivity index (χ1) is 20.6. The Kier molecular flexibility index (Phi) is 11.3. The summed E-state index contributed by atoms with van der Waals surface area (Å²) in [5.74, 6) is -1.38. The van der Waals surface area contributed by atoms with E-state index < -0.39 is 28.7 Å². The zero-order valence-corrected chi connectivity index (χ0v) is 28.4. The van der Waals surface area contributed by atoms with Crippen molar-refractivity contribution in [2.75, 3.05) is 19.7 Å². The molecule has 8 atom stereocenters. The number of nitrogens with zero attached hydrogens (tertiary/aromatic N) is 3. The highest BCUT2D eigenvalue weighted by Crippen LogP contribution is 2.68. The van der Waals surface area contributed by atoms with Crippen LogP contribution in [0.3, 0.4) is 0 Å². The summed E-state index contributed by atoms with van der Waals surface area (Å²) < 4.78 is -0.768. The fourth-order valence-electron chi connectivity index (χ4n) is 7.60. The summed E-state index contributed by atoms with van der Waals surface area (Å²) >= 11 is 5.54. The molecule has 1 spiro atoms. The van der Waals surface area contributed by atoms with Crippen LogP contribution in [0.15, 0.2) is 55.6 Å². The summed E-state index contributed by atoms with van der Waals surface area (Å²) in [6.07, 6.45) is 6.41. The molecule has 3 aliphatic heterocycles. The summed E-state index contributed by atoms with van der Waals surface area (Å²) in [6, 6.07) is 8.54. The van der Waals surface area contributed by atoms with E-state index in [0.717, 1.165) is 18.4 Å². The standard InChI is InChI=1S/C34H48BrN3O4S/c1-7-13-23(6)37(17-9-3)33(42)30-34-19-26(35)29(43-34)27(28(34)32(41)38(30)25(21-39)18-22(4)5)31(40)36(16-8-2)20-24-14-11-10-12-15-24/h8-12,14-15,22-23,25-30,39H,2-3,7,13,16-21H2,1,4-6H3/t23?,25-,26?,27-,28+,29-,30?,34?/m1/s1. The molecule has 2 bridgehead atoms. The third-order valence-corrected chi connectivity index (χ3v) is 12.5. The highest BCUT2D eigenvalue weighted by molar-refractivity contribution is 9.09. The molecule has 0 radical (unpaired) electrons. The molecule has 7 nitrogen and oxygen atoms in total. The number of carbonyl (C=O) groups excluding carboxylic acids is 3. The van der Waals surface area contributed by atoms with Crippen LogP contribution in [0.4, 0.5) is 0 Å². The number of aliphatic hydroxyl groups excluding tert-OH is 1. The van der Waals surface area contributed by atoms with Gasteiger partial charge in [-0.1, -0.05) is 85.6 Å². The van der Waals surface area contributed by atoms with Crippen molar-refractivity contribution in [1.82, 2.24) is 14.7 Å². The van der Waals surface area contributed by atoms with Crippen LogP contribution in [0.1, 0.15) is 58.9 Å². The van der Waals surface area contributed by atoms with Gasteiger partial charge >= 0.3 is 0 Å². The molecule has 3 fully saturated rings. The number of hydrogen-bond acceptors (Lipinski definition) is 5. The smallest absolute Gasteiger partial charge is 0.247 e. The summed E-state index contributed by atoms with van der Waals surface area (Å²) in [6.45, 7) is 17.0. The predicted octanol–water partition coefficient (Wildman–Crippen LogP) is 5.28. The lowest BCUT2D eigenvalue weighted by atomic mass is 9.70. The molecule has 43 heavy (non-hydrogen) atoms. The van der Waals surface area contributed by atoms with Gasteiger partial charge in [0.2, 0.25) is 17.7 Å². The lowest BCUT2D eigenvalue weighted by Gasteiger charge is -2.41. The molecule has 4 unspecified atom stereocenters. The van der Waals surface area contributed by atoms with Crippen LogP contribution in [0.25, 0.3) is 0 Å². The number of amides is 3. The van der Waals surface area contributed by atoms with Gasteiger partial charge in [0.1, 0.15) is 6.04 Å². The van der Waals surface area contributed by atoms with Gasteiger partial charge in [-0.25, -0.2) is 0 Å². The molecular weight excluding hydrogens is 626 g/mol. The van der Waals surface area contributed by atoms with Crippen LogP contribution < -0.4 is 0 Å². The van der Waals surface area contributed by atoms with Crippen molar-refractivity contribution in [2.24, 2.45) is 17.8 Å². The van der Waals surface area contributed by atoms with E-state index in [9.17, 15) is 19.5 Å². The van der Waals surface area contributed by atoms with E-state index in [4.69, 9.17) is 0 Å². The van der Waals surface area contributed by atoms with E-state index in [1.165, 1.54) is 0 Å². The van der Waals surface area contributed by atoms with E-state index in [1.54, 1.807) is 33.7 Å². The molecule has 1 N–H and O–H groups in total. The molecule has 0 saturated carbocycles. The first-order valence-electron chi connectivity index (χ1n) is 15.7. The number of thioether (sulfide) groups is 1. The average molecular weight is 675 g/mol. The normalized spacial score (nSPS) is 29.0. The first kappa shape index (κ1) is 33.8. The monoisotopic (exact) mass is 673 g/mol. The Hall–Kier alpha value is -2.10. The second kappa shape index (κ2) is 14.3. The lowest BCUT2D eigenvalue weighted by molar-refractivity contribution is -0.148. The van der Waals surface area contributed by atoms with Crippen LogP contribution in [-0.4, -0.2) is 90.2 Å². The highest BCUT2D eigenvalue weighted by atomic mass is 79.9. The van der Waals surface area contributed by atoms with Gasteiger partial charge in [-0.2, -0.15) is 0 Å². The Bertz CT molecular complexity index is 1180. The van der Waals surface area contributed by atoms with Crippen LogP contribution in [0.5, 0.6) is 0 Å². The molecule has 3 saturated heterocycles. The van der Waals surface area contributed by atoms with Gasteiger partial charge in [0.05, 0.1) is 29.2 Å². The summed E-state index contributed by atoms with van der Waals surface area (Å²) in [4.78, 5) is 49.3. The average Bonchev–Trinajstić information content (AvgIpc) is 3.57. The molecule has 0 aliphatic carbocycles. The van der Waals surface area contributed by atoms with Gasteiger partial charge < -0.3 is 19.8 Å². The number of fused-ring (bicyclic) bond motifs is 1. The minimum Gasteiger partial charge on any atom is -0.394 e. The van der Waals surface area contributed by atoms with Crippen molar-refractivity contribution in [3.63, 3.8) is 0 Å². The Labute approximate surface area is 270 Å². The Morgan fingerprint density at radius 2 is 1.84 bits per heavy atom. The molecule has 1 aromatic carbocycles. The number of alkyl halides is 1. The molecule has 9 heteroatoms. The van der Waals surface area contributed by atoms with Crippen molar-refractivity contribution in [3.05, 3.63) is 61.2 Å². The number of aliphatic hydroxyl groups is 1. The van der Waals surface area contributed by atoms with Crippen LogP contribution in [0.2, 0.25) is 0 Å². The molecule has 1 aromatic rings. The number of likely N-dealkylation sites (tertiary alicyclic amines) is 1. The van der Waals surface area contributed by atoms with Gasteiger partial charge in [0.15, 0.2) is 0 Å². The van der Waals surface area contributed by atoms with Crippen molar-refractivity contribution in [1.29, 1.82) is 0 Å². The number of halogens is 1. The third-order valence-electron chi connectivity index (χ3n) is 9.32. The molecule has 236 valence electrons. The number of benzene rings is 1. The van der Waals surface area contributed by atoms with Crippen LogP contribution in [-0.2, 0) is 20.9 Å². The maximum atomic E-state index is 14.8. The molecule has 4 rings (SSSR count). The lowest BCUT2D eigenvalue weighted by Crippen LogP contribution is -2.59. The molecule has 3 heterocycles. The van der Waals surface area contributed by atoms with Crippen molar-refractivity contribution >= 4 is 45.4 Å². The molecule has 3 aliphatic rings. The third kappa shape index (κ3) is 6.36. The van der Waals surface area contributed by atoms with Crippen molar-refractivity contribution in [2.45, 2.75) is 92.9 Å². The minimum absolute atomic E-state index is 0.0216.